The monoisotopic (exact) mass is 363 g/mol. The molecule has 1 unspecified atom stereocenters. The van der Waals surface area contributed by atoms with E-state index < -0.39 is 0 Å². The van der Waals surface area contributed by atoms with Crippen LogP contribution in [-0.4, -0.2) is 26.9 Å². The highest BCUT2D eigenvalue weighted by atomic mass is 35.5. The van der Waals surface area contributed by atoms with Crippen molar-refractivity contribution in [1.29, 1.82) is 0 Å². The molecule has 25 heavy (non-hydrogen) atoms. The molecule has 1 N–H and O–H groups in total. The molecule has 0 bridgehead atoms. The maximum Gasteiger partial charge on any atom is 0.251 e. The Bertz CT molecular complexity index is 808. The van der Waals surface area contributed by atoms with Crippen molar-refractivity contribution in [2.45, 2.75) is 13.0 Å². The summed E-state index contributed by atoms with van der Waals surface area (Å²) < 4.78 is 21.1. The lowest BCUT2D eigenvalue weighted by atomic mass is 10.1. The molecule has 0 fully saturated rings. The van der Waals surface area contributed by atoms with Gasteiger partial charge in [0.15, 0.2) is 23.0 Å². The number of hydrogen-bond acceptors (Lipinski definition) is 5. The first-order valence-electron chi connectivity index (χ1n) is 7.65. The minimum absolute atomic E-state index is 0.212. The average molecular weight is 364 g/mol. The van der Waals surface area contributed by atoms with Crippen molar-refractivity contribution < 1.29 is 23.7 Å². The van der Waals surface area contributed by atoms with Crippen molar-refractivity contribution in [2.75, 3.05) is 21.0 Å². The largest absolute Gasteiger partial charge is 0.493 e. The highest BCUT2D eigenvalue weighted by molar-refractivity contribution is 6.32. The Labute approximate surface area is 150 Å². The molecule has 2 aromatic rings. The molecule has 7 heteroatoms. The molecule has 0 aliphatic carbocycles. The van der Waals surface area contributed by atoms with E-state index in [-0.39, 0.29) is 18.7 Å². The topological polar surface area (TPSA) is 66.0 Å². The van der Waals surface area contributed by atoms with Crippen molar-refractivity contribution in [1.82, 2.24) is 5.32 Å². The van der Waals surface area contributed by atoms with Gasteiger partial charge in [0, 0.05) is 5.56 Å². The standard InChI is InChI=1S/C18H18ClNO5/c1-10(11-4-5-14-15(7-11)25-9-24-14)20-18(21)12-6-13(19)17(23-3)16(8-12)22-2/h4-8,10H,9H2,1-3H3,(H,20,21). The molecule has 6 nitrogen and oxygen atoms in total. The summed E-state index contributed by atoms with van der Waals surface area (Å²) in [6, 6.07) is 8.48. The third-order valence-electron chi connectivity index (χ3n) is 3.94. The first-order chi connectivity index (χ1) is 12.0. The van der Waals surface area contributed by atoms with E-state index in [2.05, 4.69) is 5.32 Å². The van der Waals surface area contributed by atoms with Crippen LogP contribution >= 0.6 is 11.6 Å². The van der Waals surface area contributed by atoms with E-state index in [1.165, 1.54) is 14.2 Å². The van der Waals surface area contributed by atoms with Gasteiger partial charge in [-0.05, 0) is 36.8 Å². The number of carbonyl (C=O) groups excluding carboxylic acids is 1. The zero-order valence-electron chi connectivity index (χ0n) is 14.1. The third-order valence-corrected chi connectivity index (χ3v) is 4.22. The predicted molar refractivity (Wildman–Crippen MR) is 93.0 cm³/mol. The smallest absolute Gasteiger partial charge is 0.251 e. The summed E-state index contributed by atoms with van der Waals surface area (Å²) in [5.41, 5.74) is 1.29. The summed E-state index contributed by atoms with van der Waals surface area (Å²) in [4.78, 5) is 12.6. The van der Waals surface area contributed by atoms with E-state index in [1.807, 2.05) is 25.1 Å². The van der Waals surface area contributed by atoms with E-state index in [4.69, 9.17) is 30.5 Å². The Morgan fingerprint density at radius 3 is 2.64 bits per heavy atom. The number of fused-ring (bicyclic) bond motifs is 1. The van der Waals surface area contributed by atoms with E-state index >= 15 is 0 Å². The first kappa shape index (κ1) is 17.2. The quantitative estimate of drug-likeness (QED) is 0.879. The van der Waals surface area contributed by atoms with Crippen LogP contribution in [-0.2, 0) is 0 Å². The van der Waals surface area contributed by atoms with Crippen LogP contribution in [0.1, 0.15) is 28.9 Å². The molecule has 1 aliphatic rings. The van der Waals surface area contributed by atoms with Crippen LogP contribution in [0.15, 0.2) is 30.3 Å². The normalized spacial score (nSPS) is 13.3. The van der Waals surface area contributed by atoms with E-state index in [9.17, 15) is 4.79 Å². The second-order valence-corrected chi connectivity index (χ2v) is 5.91. The summed E-state index contributed by atoms with van der Waals surface area (Å²) in [6.45, 7) is 2.10. The lowest BCUT2D eigenvalue weighted by Gasteiger charge is -2.16. The van der Waals surface area contributed by atoms with Crippen molar-refractivity contribution in [3.05, 3.63) is 46.5 Å². The Morgan fingerprint density at radius 2 is 1.92 bits per heavy atom. The van der Waals surface area contributed by atoms with Gasteiger partial charge in [-0.2, -0.15) is 0 Å². The van der Waals surface area contributed by atoms with Crippen molar-refractivity contribution in [2.24, 2.45) is 0 Å². The Hall–Kier alpha value is -2.60. The van der Waals surface area contributed by atoms with Crippen LogP contribution in [0.4, 0.5) is 0 Å². The van der Waals surface area contributed by atoms with Gasteiger partial charge in [-0.3, -0.25) is 4.79 Å². The van der Waals surface area contributed by atoms with Crippen LogP contribution in [0, 0.1) is 0 Å². The summed E-state index contributed by atoms with van der Waals surface area (Å²) in [7, 11) is 2.98. The molecule has 0 radical (unpaired) electrons. The minimum Gasteiger partial charge on any atom is -0.493 e. The van der Waals surface area contributed by atoms with Gasteiger partial charge in [0.05, 0.1) is 25.3 Å². The summed E-state index contributed by atoms with van der Waals surface area (Å²) in [6.07, 6.45) is 0. The third kappa shape index (κ3) is 3.44. The second kappa shape index (κ2) is 7.11. The molecule has 1 atom stereocenters. The molecular formula is C18H18ClNO5. The van der Waals surface area contributed by atoms with Crippen molar-refractivity contribution in [3.8, 4) is 23.0 Å². The summed E-state index contributed by atoms with van der Waals surface area (Å²) in [5, 5.41) is 3.24. The van der Waals surface area contributed by atoms with Crippen molar-refractivity contribution >= 4 is 17.5 Å². The van der Waals surface area contributed by atoms with Crippen LogP contribution in [0.2, 0.25) is 5.02 Å². The molecule has 3 rings (SSSR count). The number of methoxy groups -OCH3 is 2. The van der Waals surface area contributed by atoms with Crippen LogP contribution in [0.5, 0.6) is 23.0 Å². The predicted octanol–water partition coefficient (Wildman–Crippen LogP) is 3.58. The van der Waals surface area contributed by atoms with E-state index in [1.54, 1.807) is 12.1 Å². The number of nitrogens with one attached hydrogen (secondary N) is 1. The molecule has 0 aromatic heterocycles. The second-order valence-electron chi connectivity index (χ2n) is 5.50. The van der Waals surface area contributed by atoms with E-state index in [0.29, 0.717) is 33.6 Å². The van der Waals surface area contributed by atoms with E-state index in [0.717, 1.165) is 5.56 Å². The number of amides is 1. The molecule has 0 spiro atoms. The molecular weight excluding hydrogens is 346 g/mol. The molecule has 0 saturated carbocycles. The minimum atomic E-state index is -0.270. The Morgan fingerprint density at radius 1 is 1.16 bits per heavy atom. The first-order valence-corrected chi connectivity index (χ1v) is 8.03. The van der Waals surface area contributed by atoms with Gasteiger partial charge < -0.3 is 24.3 Å². The molecule has 1 amide bonds. The number of benzene rings is 2. The molecule has 0 saturated heterocycles. The van der Waals surface area contributed by atoms with Gasteiger partial charge in [0.2, 0.25) is 6.79 Å². The van der Waals surface area contributed by atoms with Gasteiger partial charge in [0.25, 0.3) is 5.91 Å². The number of carbonyl (C=O) groups is 1. The van der Waals surface area contributed by atoms with Crippen LogP contribution < -0.4 is 24.3 Å². The fourth-order valence-electron chi connectivity index (χ4n) is 2.59. The molecule has 1 heterocycles. The molecule has 2 aromatic carbocycles. The fraction of sp³-hybridized carbons (Fsp3) is 0.278. The fourth-order valence-corrected chi connectivity index (χ4v) is 2.88. The lowest BCUT2D eigenvalue weighted by molar-refractivity contribution is 0.0939. The SMILES string of the molecule is COc1cc(C(=O)NC(C)c2ccc3c(c2)OCO3)cc(Cl)c1OC. The number of hydrogen-bond donors (Lipinski definition) is 1. The maximum atomic E-state index is 12.6. The summed E-state index contributed by atoms with van der Waals surface area (Å²) in [5.74, 6) is 1.90. The summed E-state index contributed by atoms with van der Waals surface area (Å²) >= 11 is 6.16. The highest BCUT2D eigenvalue weighted by Crippen LogP contribution is 2.36. The Balaban J connectivity index is 1.79. The van der Waals surface area contributed by atoms with Crippen molar-refractivity contribution in [3.63, 3.8) is 0 Å². The van der Waals surface area contributed by atoms with Crippen LogP contribution in [0.25, 0.3) is 0 Å². The van der Waals surface area contributed by atoms with Gasteiger partial charge in [-0.25, -0.2) is 0 Å². The number of halogens is 1. The molecule has 132 valence electrons. The maximum absolute atomic E-state index is 12.6. The van der Waals surface area contributed by atoms with Gasteiger partial charge in [-0.1, -0.05) is 17.7 Å². The van der Waals surface area contributed by atoms with Gasteiger partial charge in [0.1, 0.15) is 0 Å². The highest BCUT2D eigenvalue weighted by Gasteiger charge is 2.19. The van der Waals surface area contributed by atoms with Crippen LogP contribution in [0.3, 0.4) is 0 Å². The zero-order chi connectivity index (χ0) is 18.0. The number of ether oxygens (including phenoxy) is 4. The van der Waals surface area contributed by atoms with Gasteiger partial charge >= 0.3 is 0 Å². The number of rotatable bonds is 5. The molecule has 1 aliphatic heterocycles. The Kier molecular flexibility index (Phi) is 4.90. The zero-order valence-corrected chi connectivity index (χ0v) is 14.8. The van der Waals surface area contributed by atoms with Gasteiger partial charge in [-0.15, -0.1) is 0 Å². The average Bonchev–Trinajstić information content (AvgIpc) is 3.08. The lowest BCUT2D eigenvalue weighted by Crippen LogP contribution is -2.26.